The van der Waals surface area contributed by atoms with Crippen molar-refractivity contribution in [3.05, 3.63) is 58.3 Å². The van der Waals surface area contributed by atoms with Gasteiger partial charge in [0.25, 0.3) is 5.91 Å². The smallest absolute Gasteiger partial charge is 0.261 e. The normalized spacial score (nSPS) is 10.4. The summed E-state index contributed by atoms with van der Waals surface area (Å²) < 4.78 is 19.3. The van der Waals surface area contributed by atoms with Gasteiger partial charge in [0.05, 0.1) is 11.7 Å². The van der Waals surface area contributed by atoms with Gasteiger partial charge in [-0.25, -0.2) is 4.39 Å². The number of halogens is 2. The van der Waals surface area contributed by atoms with Gasteiger partial charge >= 0.3 is 0 Å². The molecule has 0 saturated heterocycles. The molecule has 0 unspecified atom stereocenters. The highest BCUT2D eigenvalue weighted by atomic mass is 79.9. The van der Waals surface area contributed by atoms with Crippen LogP contribution < -0.4 is 15.4 Å². The lowest BCUT2D eigenvalue weighted by Crippen LogP contribution is -2.34. The van der Waals surface area contributed by atoms with Crippen molar-refractivity contribution in [3.8, 4) is 5.75 Å². The zero-order valence-corrected chi connectivity index (χ0v) is 15.5. The van der Waals surface area contributed by atoms with Gasteiger partial charge in [0.1, 0.15) is 11.6 Å². The number of thiocarbonyl (C=S) groups is 1. The third-order valence-electron chi connectivity index (χ3n) is 2.88. The maximum Gasteiger partial charge on any atom is 0.261 e. The zero-order chi connectivity index (χ0) is 17.7. The molecule has 0 aromatic heterocycles. The fourth-order valence-electron chi connectivity index (χ4n) is 1.90. The number of hydrogen-bond donors (Lipinski definition) is 2. The Morgan fingerprint density at radius 1 is 1.21 bits per heavy atom. The molecule has 2 aromatic rings. The highest BCUT2D eigenvalue weighted by Crippen LogP contribution is 2.24. The fourth-order valence-corrected chi connectivity index (χ4v) is 2.47. The molecule has 0 aliphatic carbocycles. The summed E-state index contributed by atoms with van der Waals surface area (Å²) >= 11 is 8.46. The second kappa shape index (κ2) is 8.21. The molecule has 0 spiro atoms. The second-order valence-corrected chi connectivity index (χ2v) is 6.55. The Balaban J connectivity index is 2.09. The van der Waals surface area contributed by atoms with Crippen LogP contribution in [0.15, 0.2) is 46.9 Å². The van der Waals surface area contributed by atoms with Crippen LogP contribution in [0.4, 0.5) is 10.1 Å². The van der Waals surface area contributed by atoms with Crippen LogP contribution in [-0.4, -0.2) is 17.1 Å². The Labute approximate surface area is 153 Å². The van der Waals surface area contributed by atoms with Gasteiger partial charge in [-0.05, 0) is 68.5 Å². The van der Waals surface area contributed by atoms with E-state index in [1.807, 2.05) is 13.8 Å². The first-order chi connectivity index (χ1) is 11.3. The molecule has 0 aliphatic rings. The minimum atomic E-state index is -0.397. The summed E-state index contributed by atoms with van der Waals surface area (Å²) in [4.78, 5) is 12.5. The number of benzene rings is 2. The SMILES string of the molecule is CC(C)Oc1ccc(Br)cc1C(=O)NC(=S)Nc1ccc(F)cc1. The van der Waals surface area contributed by atoms with E-state index in [4.69, 9.17) is 17.0 Å². The molecular weight excluding hydrogens is 395 g/mol. The van der Waals surface area contributed by atoms with Crippen LogP contribution in [0.5, 0.6) is 5.75 Å². The lowest BCUT2D eigenvalue weighted by Gasteiger charge is -2.15. The van der Waals surface area contributed by atoms with Gasteiger partial charge in [0, 0.05) is 10.2 Å². The average molecular weight is 411 g/mol. The Kier molecular flexibility index (Phi) is 6.28. The van der Waals surface area contributed by atoms with Crippen molar-refractivity contribution in [2.45, 2.75) is 20.0 Å². The molecule has 0 atom stereocenters. The van der Waals surface area contributed by atoms with Crippen LogP contribution in [0, 0.1) is 5.82 Å². The van der Waals surface area contributed by atoms with E-state index in [1.165, 1.54) is 24.3 Å². The molecule has 2 aromatic carbocycles. The van der Waals surface area contributed by atoms with Crippen LogP contribution in [0.1, 0.15) is 24.2 Å². The molecule has 1 amide bonds. The lowest BCUT2D eigenvalue weighted by atomic mass is 10.2. The van der Waals surface area contributed by atoms with Gasteiger partial charge in [-0.1, -0.05) is 15.9 Å². The van der Waals surface area contributed by atoms with E-state index in [0.29, 0.717) is 17.0 Å². The van der Waals surface area contributed by atoms with E-state index in [9.17, 15) is 9.18 Å². The van der Waals surface area contributed by atoms with Gasteiger partial charge in [-0.3, -0.25) is 10.1 Å². The van der Waals surface area contributed by atoms with E-state index < -0.39 is 5.91 Å². The van der Waals surface area contributed by atoms with Crippen LogP contribution in [-0.2, 0) is 0 Å². The molecule has 2 rings (SSSR count). The van der Waals surface area contributed by atoms with Crippen molar-refractivity contribution in [1.82, 2.24) is 5.32 Å². The predicted molar refractivity (Wildman–Crippen MR) is 100.0 cm³/mol. The number of amides is 1. The number of hydrogen-bond acceptors (Lipinski definition) is 3. The molecule has 0 radical (unpaired) electrons. The maximum atomic E-state index is 12.9. The zero-order valence-electron chi connectivity index (χ0n) is 13.1. The van der Waals surface area contributed by atoms with Crippen molar-refractivity contribution in [3.63, 3.8) is 0 Å². The van der Waals surface area contributed by atoms with Crippen molar-refractivity contribution in [2.75, 3.05) is 5.32 Å². The summed E-state index contributed by atoms with van der Waals surface area (Å²) in [6.07, 6.45) is -0.0676. The maximum absolute atomic E-state index is 12.9. The van der Waals surface area contributed by atoms with Gasteiger partial charge in [0.15, 0.2) is 5.11 Å². The number of rotatable bonds is 4. The first-order valence-electron chi connectivity index (χ1n) is 7.19. The van der Waals surface area contributed by atoms with Crippen LogP contribution in [0.25, 0.3) is 0 Å². The standard InChI is InChI=1S/C17H16BrFN2O2S/c1-10(2)23-15-8-3-11(18)9-14(15)16(22)21-17(24)20-13-6-4-12(19)5-7-13/h3-10H,1-2H3,(H2,20,21,22,24). The van der Waals surface area contributed by atoms with Gasteiger partial charge in [-0.2, -0.15) is 0 Å². The Morgan fingerprint density at radius 3 is 2.50 bits per heavy atom. The molecule has 24 heavy (non-hydrogen) atoms. The van der Waals surface area contributed by atoms with E-state index in [1.54, 1.807) is 18.2 Å². The quantitative estimate of drug-likeness (QED) is 0.728. The summed E-state index contributed by atoms with van der Waals surface area (Å²) in [5.41, 5.74) is 0.941. The molecule has 4 nitrogen and oxygen atoms in total. The highest BCUT2D eigenvalue weighted by Gasteiger charge is 2.15. The number of carbonyl (C=O) groups is 1. The molecule has 0 fully saturated rings. The van der Waals surface area contributed by atoms with Crippen LogP contribution in [0.3, 0.4) is 0 Å². The first kappa shape index (κ1) is 18.4. The summed E-state index contributed by atoms with van der Waals surface area (Å²) in [6, 6.07) is 10.8. The fraction of sp³-hybridized carbons (Fsp3) is 0.176. The van der Waals surface area contributed by atoms with Gasteiger partial charge in [0.2, 0.25) is 0 Å². The van der Waals surface area contributed by atoms with E-state index in [0.717, 1.165) is 4.47 Å². The molecule has 0 saturated carbocycles. The molecular formula is C17H16BrFN2O2S. The second-order valence-electron chi connectivity index (χ2n) is 5.22. The monoisotopic (exact) mass is 410 g/mol. The van der Waals surface area contributed by atoms with Gasteiger partial charge in [-0.15, -0.1) is 0 Å². The topological polar surface area (TPSA) is 50.4 Å². The summed E-state index contributed by atoms with van der Waals surface area (Å²) in [5, 5.41) is 5.52. The molecule has 2 N–H and O–H groups in total. The Bertz CT molecular complexity index is 751. The summed E-state index contributed by atoms with van der Waals surface area (Å²) in [5.74, 6) is -0.276. The van der Waals surface area contributed by atoms with Crippen molar-refractivity contribution in [1.29, 1.82) is 0 Å². The van der Waals surface area contributed by atoms with Gasteiger partial charge < -0.3 is 10.1 Å². The number of nitrogens with one attached hydrogen (secondary N) is 2. The highest BCUT2D eigenvalue weighted by molar-refractivity contribution is 9.10. The molecule has 0 bridgehead atoms. The molecule has 0 aliphatic heterocycles. The molecule has 7 heteroatoms. The van der Waals surface area contributed by atoms with E-state index in [2.05, 4.69) is 26.6 Å². The van der Waals surface area contributed by atoms with Crippen LogP contribution in [0.2, 0.25) is 0 Å². The predicted octanol–water partition coefficient (Wildman–Crippen LogP) is 4.50. The van der Waals surface area contributed by atoms with E-state index in [-0.39, 0.29) is 17.0 Å². The molecule has 0 heterocycles. The van der Waals surface area contributed by atoms with E-state index >= 15 is 0 Å². The Hall–Kier alpha value is -1.99. The number of anilines is 1. The largest absolute Gasteiger partial charge is 0.490 e. The Morgan fingerprint density at radius 2 is 1.88 bits per heavy atom. The number of ether oxygens (including phenoxy) is 1. The third-order valence-corrected chi connectivity index (χ3v) is 3.58. The average Bonchev–Trinajstić information content (AvgIpc) is 2.50. The first-order valence-corrected chi connectivity index (χ1v) is 8.39. The minimum absolute atomic E-state index is 0.0676. The van der Waals surface area contributed by atoms with Crippen molar-refractivity contribution >= 4 is 44.9 Å². The third kappa shape index (κ3) is 5.28. The van der Waals surface area contributed by atoms with Crippen LogP contribution >= 0.6 is 28.1 Å². The number of carbonyl (C=O) groups excluding carboxylic acids is 1. The summed E-state index contributed by atoms with van der Waals surface area (Å²) in [7, 11) is 0. The summed E-state index contributed by atoms with van der Waals surface area (Å²) in [6.45, 7) is 3.76. The van der Waals surface area contributed by atoms with Crippen molar-refractivity contribution < 1.29 is 13.9 Å². The lowest BCUT2D eigenvalue weighted by molar-refractivity contribution is 0.0972. The molecule has 126 valence electrons. The minimum Gasteiger partial charge on any atom is -0.490 e. The van der Waals surface area contributed by atoms with Crippen molar-refractivity contribution in [2.24, 2.45) is 0 Å².